The van der Waals surface area contributed by atoms with E-state index in [2.05, 4.69) is 20.7 Å². The van der Waals surface area contributed by atoms with Crippen molar-refractivity contribution in [1.82, 2.24) is 4.72 Å². The van der Waals surface area contributed by atoms with E-state index >= 15 is 0 Å². The van der Waals surface area contributed by atoms with Crippen molar-refractivity contribution in [2.24, 2.45) is 0 Å². The zero-order valence-corrected chi connectivity index (χ0v) is 11.5. The topological polar surface area (TPSA) is 55.4 Å². The Labute approximate surface area is 99.9 Å². The van der Waals surface area contributed by atoms with E-state index in [1.165, 1.54) is 0 Å². The van der Waals surface area contributed by atoms with Crippen LogP contribution in [-0.2, 0) is 14.8 Å². The standard InChI is InChI=1S/C9H18BrNO3S/c1-8(2)14-5-6-15(12,13)11-9(7-10)3-4-9/h8,11H,3-7H2,1-2H3. The van der Waals surface area contributed by atoms with Gasteiger partial charge >= 0.3 is 0 Å². The van der Waals surface area contributed by atoms with E-state index in [4.69, 9.17) is 4.74 Å². The highest BCUT2D eigenvalue weighted by Crippen LogP contribution is 2.37. The van der Waals surface area contributed by atoms with Gasteiger partial charge in [-0.3, -0.25) is 0 Å². The van der Waals surface area contributed by atoms with E-state index in [1.807, 2.05) is 13.8 Å². The van der Waals surface area contributed by atoms with Gasteiger partial charge in [-0.2, -0.15) is 0 Å². The number of halogens is 1. The maximum absolute atomic E-state index is 11.6. The van der Waals surface area contributed by atoms with Crippen LogP contribution in [0.4, 0.5) is 0 Å². The molecule has 0 saturated heterocycles. The summed E-state index contributed by atoms with van der Waals surface area (Å²) in [6, 6.07) is 0. The fourth-order valence-corrected chi connectivity index (χ4v) is 3.43. The summed E-state index contributed by atoms with van der Waals surface area (Å²) < 4.78 is 31.2. The van der Waals surface area contributed by atoms with Crippen LogP contribution in [0.1, 0.15) is 26.7 Å². The molecule has 0 spiro atoms. The minimum absolute atomic E-state index is 0.0416. The van der Waals surface area contributed by atoms with E-state index in [-0.39, 0.29) is 24.0 Å². The monoisotopic (exact) mass is 299 g/mol. The summed E-state index contributed by atoms with van der Waals surface area (Å²) in [7, 11) is -3.19. The zero-order chi connectivity index (χ0) is 11.5. The molecule has 0 radical (unpaired) electrons. The van der Waals surface area contributed by atoms with Crippen LogP contribution >= 0.6 is 15.9 Å². The first kappa shape index (κ1) is 13.4. The second-order valence-corrected chi connectivity index (χ2v) is 6.66. The van der Waals surface area contributed by atoms with Gasteiger partial charge in [0.05, 0.1) is 18.5 Å². The molecule has 0 amide bonds. The Morgan fingerprint density at radius 1 is 1.47 bits per heavy atom. The molecule has 1 fully saturated rings. The second-order valence-electron chi connectivity index (χ2n) is 4.25. The molecule has 1 saturated carbocycles. The highest BCUT2D eigenvalue weighted by atomic mass is 79.9. The Kier molecular flexibility index (Phi) is 4.58. The van der Waals surface area contributed by atoms with Gasteiger partial charge in [0.1, 0.15) is 0 Å². The molecule has 0 unspecified atom stereocenters. The van der Waals surface area contributed by atoms with E-state index in [0.717, 1.165) is 12.8 Å². The maximum Gasteiger partial charge on any atom is 0.214 e. The summed E-state index contributed by atoms with van der Waals surface area (Å²) in [6.07, 6.45) is 1.91. The molecule has 0 atom stereocenters. The van der Waals surface area contributed by atoms with Crippen LogP contribution in [0.25, 0.3) is 0 Å². The molecule has 1 N–H and O–H groups in total. The van der Waals surface area contributed by atoms with Crippen LogP contribution in [-0.4, -0.2) is 37.8 Å². The summed E-state index contributed by atoms with van der Waals surface area (Å²) in [5.41, 5.74) is -0.212. The number of sulfonamides is 1. The molecule has 1 rings (SSSR count). The quantitative estimate of drug-likeness (QED) is 0.720. The van der Waals surface area contributed by atoms with Crippen LogP contribution < -0.4 is 4.72 Å². The van der Waals surface area contributed by atoms with Crippen molar-refractivity contribution in [2.45, 2.75) is 38.3 Å². The number of ether oxygens (including phenoxy) is 1. The molecule has 1 aliphatic rings. The predicted octanol–water partition coefficient (Wildman–Crippen LogP) is 1.26. The van der Waals surface area contributed by atoms with E-state index in [1.54, 1.807) is 0 Å². The van der Waals surface area contributed by atoms with Crippen LogP contribution in [0.3, 0.4) is 0 Å². The van der Waals surface area contributed by atoms with Gasteiger partial charge in [-0.05, 0) is 26.7 Å². The molecule has 0 aliphatic heterocycles. The fraction of sp³-hybridized carbons (Fsp3) is 1.00. The third-order valence-electron chi connectivity index (χ3n) is 2.28. The summed E-state index contributed by atoms with van der Waals surface area (Å²) in [4.78, 5) is 0. The molecule has 1 aliphatic carbocycles. The Balaban J connectivity index is 2.33. The van der Waals surface area contributed by atoms with Gasteiger partial charge < -0.3 is 4.74 Å². The van der Waals surface area contributed by atoms with Gasteiger partial charge in [-0.15, -0.1) is 0 Å². The first-order chi connectivity index (χ1) is 6.89. The second kappa shape index (κ2) is 5.12. The zero-order valence-electron chi connectivity index (χ0n) is 9.12. The average molecular weight is 300 g/mol. The molecule has 0 aromatic carbocycles. The number of nitrogens with one attached hydrogen (secondary N) is 1. The maximum atomic E-state index is 11.6. The van der Waals surface area contributed by atoms with Crippen molar-refractivity contribution in [3.8, 4) is 0 Å². The van der Waals surface area contributed by atoms with Gasteiger partial charge in [0, 0.05) is 10.9 Å². The molecule has 0 bridgehead atoms. The summed E-state index contributed by atoms with van der Waals surface area (Å²) in [5, 5.41) is 0.685. The lowest BCUT2D eigenvalue weighted by molar-refractivity contribution is 0.0911. The van der Waals surface area contributed by atoms with Crippen LogP contribution in [0.2, 0.25) is 0 Å². The fourth-order valence-electron chi connectivity index (χ4n) is 1.19. The highest BCUT2D eigenvalue weighted by molar-refractivity contribution is 9.09. The SMILES string of the molecule is CC(C)OCCS(=O)(=O)NC1(CBr)CC1. The van der Waals surface area contributed by atoms with Gasteiger partial charge in [0.15, 0.2) is 0 Å². The predicted molar refractivity (Wildman–Crippen MR) is 63.8 cm³/mol. The number of hydrogen-bond acceptors (Lipinski definition) is 3. The third-order valence-corrected chi connectivity index (χ3v) is 4.81. The average Bonchev–Trinajstić information content (AvgIpc) is 2.83. The molecule has 0 aromatic heterocycles. The summed E-state index contributed by atoms with van der Waals surface area (Å²) in [5.74, 6) is 0.0416. The summed E-state index contributed by atoms with van der Waals surface area (Å²) >= 11 is 3.32. The molecule has 90 valence electrons. The minimum atomic E-state index is -3.19. The van der Waals surface area contributed by atoms with Crippen LogP contribution in [0, 0.1) is 0 Å². The smallest absolute Gasteiger partial charge is 0.214 e. The first-order valence-electron chi connectivity index (χ1n) is 5.08. The first-order valence-corrected chi connectivity index (χ1v) is 7.86. The minimum Gasteiger partial charge on any atom is -0.378 e. The molecule has 4 nitrogen and oxygen atoms in total. The lowest BCUT2D eigenvalue weighted by Gasteiger charge is -2.15. The van der Waals surface area contributed by atoms with Crippen molar-refractivity contribution in [3.63, 3.8) is 0 Å². The van der Waals surface area contributed by atoms with Crippen molar-refractivity contribution < 1.29 is 13.2 Å². The van der Waals surface area contributed by atoms with Gasteiger partial charge in [-0.1, -0.05) is 15.9 Å². The van der Waals surface area contributed by atoms with Crippen molar-refractivity contribution in [1.29, 1.82) is 0 Å². The number of rotatable bonds is 7. The molecular formula is C9H18BrNO3S. The Morgan fingerprint density at radius 2 is 2.07 bits per heavy atom. The Bertz CT molecular complexity index is 298. The molecule has 6 heteroatoms. The van der Waals surface area contributed by atoms with Gasteiger partial charge in [0.2, 0.25) is 10.0 Å². The largest absolute Gasteiger partial charge is 0.378 e. The lowest BCUT2D eigenvalue weighted by Crippen LogP contribution is -2.40. The third kappa shape index (κ3) is 4.80. The van der Waals surface area contributed by atoms with Gasteiger partial charge in [0.25, 0.3) is 0 Å². The summed E-state index contributed by atoms with van der Waals surface area (Å²) in [6.45, 7) is 4.03. The van der Waals surface area contributed by atoms with E-state index < -0.39 is 10.0 Å². The van der Waals surface area contributed by atoms with Crippen molar-refractivity contribution >= 4 is 26.0 Å². The van der Waals surface area contributed by atoms with E-state index in [9.17, 15) is 8.42 Å². The van der Waals surface area contributed by atoms with E-state index in [0.29, 0.717) is 5.33 Å². The molecule has 0 aromatic rings. The normalized spacial score (nSPS) is 19.5. The van der Waals surface area contributed by atoms with Crippen molar-refractivity contribution in [3.05, 3.63) is 0 Å². The van der Waals surface area contributed by atoms with Crippen LogP contribution in [0.5, 0.6) is 0 Å². The molecular weight excluding hydrogens is 282 g/mol. The molecule has 0 heterocycles. The number of hydrogen-bond donors (Lipinski definition) is 1. The molecule has 15 heavy (non-hydrogen) atoms. The van der Waals surface area contributed by atoms with Gasteiger partial charge in [-0.25, -0.2) is 13.1 Å². The number of alkyl halides is 1. The Morgan fingerprint density at radius 3 is 2.47 bits per heavy atom. The highest BCUT2D eigenvalue weighted by Gasteiger charge is 2.44. The van der Waals surface area contributed by atoms with Crippen LogP contribution in [0.15, 0.2) is 0 Å². The van der Waals surface area contributed by atoms with Crippen molar-refractivity contribution in [2.75, 3.05) is 17.7 Å². The lowest BCUT2D eigenvalue weighted by atomic mass is 10.4. The Hall–Kier alpha value is 0.350.